The van der Waals surface area contributed by atoms with Crippen LogP contribution in [0.1, 0.15) is 12.5 Å². The molecule has 0 saturated heterocycles. The first-order chi connectivity index (χ1) is 11.3. The van der Waals surface area contributed by atoms with E-state index in [2.05, 4.69) is 0 Å². The van der Waals surface area contributed by atoms with Gasteiger partial charge in [0.15, 0.2) is 0 Å². The van der Waals surface area contributed by atoms with Gasteiger partial charge in [0.2, 0.25) is 5.79 Å². The Morgan fingerprint density at radius 1 is 0.958 bits per heavy atom. The summed E-state index contributed by atoms with van der Waals surface area (Å²) in [6, 6.07) is 11.3. The van der Waals surface area contributed by atoms with Crippen molar-refractivity contribution in [3.05, 3.63) is 42.0 Å². The minimum Gasteiger partial charge on any atom is -0.497 e. The van der Waals surface area contributed by atoms with Crippen LogP contribution < -0.4 is 4.74 Å². The summed E-state index contributed by atoms with van der Waals surface area (Å²) in [6.45, 7) is 1.59. The van der Waals surface area contributed by atoms with Crippen molar-refractivity contribution in [3.8, 4) is 5.75 Å². The summed E-state index contributed by atoms with van der Waals surface area (Å²) < 4.78 is 44.4. The first-order valence-corrected chi connectivity index (χ1v) is 9.14. The predicted octanol–water partition coefficient (Wildman–Crippen LogP) is 2.66. The van der Waals surface area contributed by atoms with E-state index in [0.717, 1.165) is 22.8 Å². The average molecular weight is 354 g/mol. The number of rotatable bonds is 7. The smallest absolute Gasteiger partial charge is 0.264 e. The molecule has 0 saturated carbocycles. The van der Waals surface area contributed by atoms with Gasteiger partial charge in [-0.05, 0) is 35.9 Å². The van der Waals surface area contributed by atoms with Crippen molar-refractivity contribution in [1.29, 1.82) is 0 Å². The second kappa shape index (κ2) is 7.06. The molecule has 2 aromatic carbocycles. The van der Waals surface area contributed by atoms with Crippen molar-refractivity contribution < 1.29 is 26.8 Å². The molecule has 0 radical (unpaired) electrons. The van der Waals surface area contributed by atoms with E-state index < -0.39 is 22.0 Å². The highest BCUT2D eigenvalue weighted by atomic mass is 32.2. The quantitative estimate of drug-likeness (QED) is 0.562. The van der Waals surface area contributed by atoms with E-state index in [-0.39, 0.29) is 0 Å². The number of fused-ring (bicyclic) bond motifs is 1. The Bertz CT molecular complexity index is 811. The molecular weight excluding hydrogens is 332 g/mol. The molecule has 24 heavy (non-hydrogen) atoms. The molecule has 1 unspecified atom stereocenters. The van der Waals surface area contributed by atoms with Crippen molar-refractivity contribution in [2.45, 2.75) is 18.8 Å². The Morgan fingerprint density at radius 3 is 2.08 bits per heavy atom. The molecule has 0 aliphatic rings. The fraction of sp³-hybridized carbons (Fsp3) is 0.412. The van der Waals surface area contributed by atoms with E-state index in [4.69, 9.17) is 18.4 Å². The summed E-state index contributed by atoms with van der Waals surface area (Å²) >= 11 is 0. The molecule has 2 rings (SSSR count). The van der Waals surface area contributed by atoms with Gasteiger partial charge in [-0.1, -0.05) is 18.2 Å². The van der Waals surface area contributed by atoms with Gasteiger partial charge in [-0.25, -0.2) is 0 Å². The minimum absolute atomic E-state index is 0.654. The van der Waals surface area contributed by atoms with Gasteiger partial charge in [0.05, 0.1) is 13.4 Å². The molecule has 132 valence electrons. The molecule has 0 aliphatic heterocycles. The van der Waals surface area contributed by atoms with Gasteiger partial charge in [0, 0.05) is 19.8 Å². The highest BCUT2D eigenvalue weighted by Gasteiger charge is 2.41. The van der Waals surface area contributed by atoms with Crippen LogP contribution in [0.5, 0.6) is 5.75 Å². The number of methoxy groups -OCH3 is 3. The van der Waals surface area contributed by atoms with Crippen LogP contribution >= 0.6 is 0 Å². The van der Waals surface area contributed by atoms with Crippen LogP contribution in [0, 0.1) is 0 Å². The largest absolute Gasteiger partial charge is 0.497 e. The van der Waals surface area contributed by atoms with Crippen LogP contribution in [-0.2, 0) is 29.6 Å². The zero-order valence-corrected chi connectivity index (χ0v) is 15.2. The summed E-state index contributed by atoms with van der Waals surface area (Å²) in [4.78, 5) is 0. The number of hydrogen-bond acceptors (Lipinski definition) is 6. The fourth-order valence-electron chi connectivity index (χ4n) is 2.78. The van der Waals surface area contributed by atoms with Gasteiger partial charge in [0.25, 0.3) is 10.1 Å². The van der Waals surface area contributed by atoms with E-state index in [1.54, 1.807) is 14.0 Å². The highest BCUT2D eigenvalue weighted by molar-refractivity contribution is 7.86. The molecule has 0 amide bonds. The van der Waals surface area contributed by atoms with Crippen molar-refractivity contribution >= 4 is 20.9 Å². The van der Waals surface area contributed by atoms with E-state index in [9.17, 15) is 8.42 Å². The first kappa shape index (κ1) is 18.7. The molecular formula is C17H22O6S. The topological polar surface area (TPSA) is 71.1 Å². The zero-order chi connectivity index (χ0) is 18.0. The van der Waals surface area contributed by atoms with Crippen LogP contribution in [0.3, 0.4) is 0 Å². The molecule has 6 nitrogen and oxygen atoms in total. The molecule has 0 aliphatic carbocycles. The number of benzene rings is 2. The molecule has 7 heteroatoms. The Labute approximate surface area is 142 Å². The lowest BCUT2D eigenvalue weighted by Crippen LogP contribution is -2.44. The maximum absolute atomic E-state index is 11.5. The lowest BCUT2D eigenvalue weighted by Gasteiger charge is -2.35. The maximum Gasteiger partial charge on any atom is 0.264 e. The normalized spacial score (nSPS) is 13.9. The number of ether oxygens (including phenoxy) is 3. The summed E-state index contributed by atoms with van der Waals surface area (Å²) in [5.74, 6) is -0.592. The van der Waals surface area contributed by atoms with Gasteiger partial charge in [-0.15, -0.1) is 0 Å². The minimum atomic E-state index is -3.66. The standard InChI is InChI=1S/C17H22O6S/c1-12(23-24(5,18)19)17(21-3,22-4)15-8-6-14-11-16(20-2)9-7-13(14)10-15/h6-12H,1-5H3. The Morgan fingerprint density at radius 2 is 1.54 bits per heavy atom. The van der Waals surface area contributed by atoms with Gasteiger partial charge < -0.3 is 14.2 Å². The Kier molecular flexibility index (Phi) is 5.49. The molecule has 0 aromatic heterocycles. The molecule has 1 atom stereocenters. The van der Waals surface area contributed by atoms with Crippen LogP contribution in [0.15, 0.2) is 36.4 Å². The van der Waals surface area contributed by atoms with Crippen molar-refractivity contribution in [3.63, 3.8) is 0 Å². The third-order valence-corrected chi connectivity index (χ3v) is 4.55. The van der Waals surface area contributed by atoms with Crippen molar-refractivity contribution in [1.82, 2.24) is 0 Å². The average Bonchev–Trinajstić information content (AvgIpc) is 2.54. The van der Waals surface area contributed by atoms with Crippen LogP contribution in [0.2, 0.25) is 0 Å². The van der Waals surface area contributed by atoms with E-state index in [1.807, 2.05) is 36.4 Å². The van der Waals surface area contributed by atoms with Crippen LogP contribution in [0.25, 0.3) is 10.8 Å². The second-order valence-corrected chi connectivity index (χ2v) is 7.05. The summed E-state index contributed by atoms with van der Waals surface area (Å²) in [5.41, 5.74) is 0.654. The third kappa shape index (κ3) is 3.70. The summed E-state index contributed by atoms with van der Waals surface area (Å²) in [6.07, 6.45) is 0.116. The SMILES string of the molecule is COc1ccc2cc(C(OC)(OC)C(C)OS(C)(=O)=O)ccc2c1. The maximum atomic E-state index is 11.5. The molecule has 0 spiro atoms. The molecule has 0 fully saturated rings. The Hall–Kier alpha value is -1.67. The summed E-state index contributed by atoms with van der Waals surface area (Å²) in [7, 11) is 0.846. The first-order valence-electron chi connectivity index (χ1n) is 7.32. The second-order valence-electron chi connectivity index (χ2n) is 5.45. The van der Waals surface area contributed by atoms with Crippen LogP contribution in [-0.4, -0.2) is 42.1 Å². The van der Waals surface area contributed by atoms with Crippen molar-refractivity contribution in [2.75, 3.05) is 27.6 Å². The lowest BCUT2D eigenvalue weighted by molar-refractivity contribution is -0.257. The van der Waals surface area contributed by atoms with E-state index in [1.165, 1.54) is 14.2 Å². The van der Waals surface area contributed by atoms with Gasteiger partial charge in [-0.3, -0.25) is 4.18 Å². The highest BCUT2D eigenvalue weighted by Crippen LogP contribution is 2.35. The fourth-order valence-corrected chi connectivity index (χ4v) is 3.43. The lowest BCUT2D eigenvalue weighted by atomic mass is 9.97. The third-order valence-electron chi connectivity index (χ3n) is 3.91. The van der Waals surface area contributed by atoms with Gasteiger partial charge >= 0.3 is 0 Å². The predicted molar refractivity (Wildman–Crippen MR) is 91.6 cm³/mol. The molecule has 2 aromatic rings. The van der Waals surface area contributed by atoms with Gasteiger partial charge in [-0.2, -0.15) is 8.42 Å². The zero-order valence-electron chi connectivity index (χ0n) is 14.4. The molecule has 0 bridgehead atoms. The number of hydrogen-bond donors (Lipinski definition) is 0. The molecule has 0 heterocycles. The monoisotopic (exact) mass is 354 g/mol. The van der Waals surface area contributed by atoms with Crippen molar-refractivity contribution in [2.24, 2.45) is 0 Å². The van der Waals surface area contributed by atoms with Gasteiger partial charge in [0.1, 0.15) is 11.9 Å². The van der Waals surface area contributed by atoms with E-state index in [0.29, 0.717) is 5.56 Å². The van der Waals surface area contributed by atoms with E-state index >= 15 is 0 Å². The van der Waals surface area contributed by atoms with Crippen LogP contribution in [0.4, 0.5) is 0 Å². The molecule has 0 N–H and O–H groups in total. The summed E-state index contributed by atoms with van der Waals surface area (Å²) in [5, 5.41) is 1.93. The Balaban J connectivity index is 2.52.